The lowest BCUT2D eigenvalue weighted by molar-refractivity contribution is -0.123. The van der Waals surface area contributed by atoms with Crippen molar-refractivity contribution in [2.24, 2.45) is 0 Å². The zero-order valence-corrected chi connectivity index (χ0v) is 15.5. The van der Waals surface area contributed by atoms with Crippen LogP contribution in [0.2, 0.25) is 0 Å². The number of rotatable bonds is 6. The van der Waals surface area contributed by atoms with Crippen LogP contribution in [0.3, 0.4) is 0 Å². The fourth-order valence-electron chi connectivity index (χ4n) is 2.05. The third kappa shape index (κ3) is 5.04. The van der Waals surface area contributed by atoms with Crippen LogP contribution in [-0.2, 0) is 14.8 Å². The second-order valence-electron chi connectivity index (χ2n) is 5.93. The molecule has 0 aromatic heterocycles. The van der Waals surface area contributed by atoms with Crippen LogP contribution in [0.5, 0.6) is 5.75 Å². The molecule has 0 unspecified atom stereocenters. The lowest BCUT2D eigenvalue weighted by atomic mass is 10.1. The summed E-state index contributed by atoms with van der Waals surface area (Å²) in [5.74, 6) is -0.0408. The van der Waals surface area contributed by atoms with Gasteiger partial charge in [0.05, 0.1) is 4.90 Å². The Kier molecular flexibility index (Phi) is 5.81. The van der Waals surface area contributed by atoms with Gasteiger partial charge in [0.15, 0.2) is 6.61 Å². The highest BCUT2D eigenvalue weighted by Crippen LogP contribution is 2.16. The first-order chi connectivity index (χ1) is 11.7. The number of aryl methyl sites for hydroxylation is 4. The molecule has 0 aliphatic heterocycles. The number of hydrazine groups is 1. The van der Waals surface area contributed by atoms with Gasteiger partial charge in [-0.15, -0.1) is 4.83 Å². The predicted octanol–water partition coefficient (Wildman–Crippen LogP) is 2.31. The van der Waals surface area contributed by atoms with Crippen LogP contribution in [0.25, 0.3) is 0 Å². The summed E-state index contributed by atoms with van der Waals surface area (Å²) in [5.41, 5.74) is 6.17. The van der Waals surface area contributed by atoms with Crippen molar-refractivity contribution in [2.75, 3.05) is 6.61 Å². The number of hydrogen-bond acceptors (Lipinski definition) is 4. The molecule has 2 N–H and O–H groups in total. The summed E-state index contributed by atoms with van der Waals surface area (Å²) in [4.78, 5) is 14.0. The zero-order chi connectivity index (χ0) is 18.6. The van der Waals surface area contributed by atoms with E-state index in [2.05, 4.69) is 10.3 Å². The Morgan fingerprint density at radius 1 is 0.920 bits per heavy atom. The van der Waals surface area contributed by atoms with Crippen molar-refractivity contribution in [3.63, 3.8) is 0 Å². The topological polar surface area (TPSA) is 84.5 Å². The highest BCUT2D eigenvalue weighted by atomic mass is 32.2. The van der Waals surface area contributed by atoms with E-state index in [9.17, 15) is 13.2 Å². The number of carbonyl (C=O) groups is 1. The summed E-state index contributed by atoms with van der Waals surface area (Å²) in [6, 6.07) is 10.2. The highest BCUT2D eigenvalue weighted by molar-refractivity contribution is 7.89. The van der Waals surface area contributed by atoms with E-state index in [1.807, 2.05) is 39.8 Å². The van der Waals surface area contributed by atoms with Crippen LogP contribution < -0.4 is 15.0 Å². The highest BCUT2D eigenvalue weighted by Gasteiger charge is 2.16. The lowest BCUT2D eigenvalue weighted by Gasteiger charge is -2.11. The predicted molar refractivity (Wildman–Crippen MR) is 95.8 cm³/mol. The summed E-state index contributed by atoms with van der Waals surface area (Å²) in [5, 5.41) is 0. The second kappa shape index (κ2) is 7.67. The van der Waals surface area contributed by atoms with Gasteiger partial charge in [-0.25, -0.2) is 8.42 Å². The summed E-state index contributed by atoms with van der Waals surface area (Å²) in [6.45, 7) is 7.35. The van der Waals surface area contributed by atoms with Gasteiger partial charge in [0.2, 0.25) is 0 Å². The molecule has 0 atom stereocenters. The molecule has 0 saturated heterocycles. The molecule has 6 nitrogen and oxygen atoms in total. The first kappa shape index (κ1) is 19.0. The molecule has 134 valence electrons. The largest absolute Gasteiger partial charge is 0.484 e. The first-order valence-electron chi connectivity index (χ1n) is 7.77. The van der Waals surface area contributed by atoms with Crippen LogP contribution >= 0.6 is 0 Å². The Balaban J connectivity index is 1.92. The minimum Gasteiger partial charge on any atom is -0.484 e. The second-order valence-corrected chi connectivity index (χ2v) is 7.62. The van der Waals surface area contributed by atoms with Crippen molar-refractivity contribution in [2.45, 2.75) is 32.6 Å². The summed E-state index contributed by atoms with van der Waals surface area (Å²) < 4.78 is 29.7. The van der Waals surface area contributed by atoms with Gasteiger partial charge in [0, 0.05) is 0 Å². The lowest BCUT2D eigenvalue weighted by Crippen LogP contribution is -2.43. The number of amides is 1. The van der Waals surface area contributed by atoms with Gasteiger partial charge in [-0.2, -0.15) is 0 Å². The molecule has 2 aromatic rings. The maximum absolute atomic E-state index is 12.2. The van der Waals surface area contributed by atoms with Gasteiger partial charge >= 0.3 is 0 Å². The molecule has 0 fully saturated rings. The number of ether oxygens (including phenoxy) is 1. The van der Waals surface area contributed by atoms with E-state index >= 15 is 0 Å². The Bertz CT molecular complexity index is 892. The maximum atomic E-state index is 12.2. The molecular weight excluding hydrogens is 340 g/mol. The molecule has 0 aliphatic rings. The monoisotopic (exact) mass is 362 g/mol. The van der Waals surface area contributed by atoms with Crippen LogP contribution in [0.4, 0.5) is 0 Å². The molecule has 1 amide bonds. The number of sulfonamides is 1. The normalized spacial score (nSPS) is 11.2. The van der Waals surface area contributed by atoms with Crippen molar-refractivity contribution in [1.29, 1.82) is 0 Å². The molecule has 7 heteroatoms. The SMILES string of the molecule is Cc1ccc(OCC(=O)NNS(=O)(=O)c2ccc(C)c(C)c2)cc1C. The van der Waals surface area contributed by atoms with Crippen LogP contribution in [0.15, 0.2) is 41.3 Å². The summed E-state index contributed by atoms with van der Waals surface area (Å²) in [6.07, 6.45) is 0. The number of nitrogens with one attached hydrogen (secondary N) is 2. The Labute approximate surface area is 148 Å². The van der Waals surface area contributed by atoms with Crippen LogP contribution in [0, 0.1) is 27.7 Å². The van der Waals surface area contributed by atoms with E-state index < -0.39 is 15.9 Å². The fourth-order valence-corrected chi connectivity index (χ4v) is 3.00. The van der Waals surface area contributed by atoms with Crippen LogP contribution in [0.1, 0.15) is 22.3 Å². The van der Waals surface area contributed by atoms with Gasteiger partial charge in [-0.1, -0.05) is 12.1 Å². The first-order valence-corrected chi connectivity index (χ1v) is 9.25. The standard InChI is InChI=1S/C18H22N2O4S/c1-12-5-7-16(9-14(12)3)24-11-18(21)19-20-25(22,23)17-8-6-13(2)15(4)10-17/h5-10,20H,11H2,1-4H3,(H,19,21). The molecule has 0 saturated carbocycles. The zero-order valence-electron chi connectivity index (χ0n) is 14.7. The smallest absolute Gasteiger partial charge is 0.272 e. The quantitative estimate of drug-likeness (QED) is 0.773. The Hall–Kier alpha value is -2.38. The van der Waals surface area contributed by atoms with Crippen molar-refractivity contribution in [3.05, 3.63) is 58.7 Å². The average Bonchev–Trinajstić information content (AvgIpc) is 2.56. The van der Waals surface area contributed by atoms with E-state index in [1.165, 1.54) is 6.07 Å². The van der Waals surface area contributed by atoms with E-state index in [0.717, 1.165) is 22.3 Å². The summed E-state index contributed by atoms with van der Waals surface area (Å²) in [7, 11) is -3.83. The van der Waals surface area contributed by atoms with Gasteiger partial charge in [0.25, 0.3) is 15.9 Å². The van der Waals surface area contributed by atoms with Crippen molar-refractivity contribution >= 4 is 15.9 Å². The number of carbonyl (C=O) groups excluding carboxylic acids is 1. The van der Waals surface area contributed by atoms with E-state index in [0.29, 0.717) is 5.75 Å². The van der Waals surface area contributed by atoms with Gasteiger partial charge in [-0.05, 0) is 74.2 Å². The van der Waals surface area contributed by atoms with E-state index in [1.54, 1.807) is 18.2 Å². The Morgan fingerprint density at radius 3 is 2.12 bits per heavy atom. The number of benzene rings is 2. The molecule has 0 aliphatic carbocycles. The average molecular weight is 362 g/mol. The molecule has 0 radical (unpaired) electrons. The van der Waals surface area contributed by atoms with E-state index in [-0.39, 0.29) is 11.5 Å². The van der Waals surface area contributed by atoms with Crippen molar-refractivity contribution in [1.82, 2.24) is 10.3 Å². The molecular formula is C18H22N2O4S. The van der Waals surface area contributed by atoms with Gasteiger partial charge < -0.3 is 4.74 Å². The van der Waals surface area contributed by atoms with Crippen LogP contribution in [-0.4, -0.2) is 20.9 Å². The molecule has 25 heavy (non-hydrogen) atoms. The van der Waals surface area contributed by atoms with Gasteiger partial charge in [0.1, 0.15) is 5.75 Å². The summed E-state index contributed by atoms with van der Waals surface area (Å²) >= 11 is 0. The molecule has 0 heterocycles. The van der Waals surface area contributed by atoms with E-state index in [4.69, 9.17) is 4.74 Å². The van der Waals surface area contributed by atoms with Crippen molar-refractivity contribution in [3.8, 4) is 5.75 Å². The molecule has 2 rings (SSSR count). The third-order valence-electron chi connectivity index (χ3n) is 3.96. The Morgan fingerprint density at radius 2 is 1.52 bits per heavy atom. The molecule has 0 bridgehead atoms. The fraction of sp³-hybridized carbons (Fsp3) is 0.278. The molecule has 2 aromatic carbocycles. The minimum absolute atomic E-state index is 0.0889. The number of hydrogen-bond donors (Lipinski definition) is 2. The molecule has 0 spiro atoms. The third-order valence-corrected chi connectivity index (χ3v) is 5.21. The minimum atomic E-state index is -3.83. The maximum Gasteiger partial charge on any atom is 0.272 e. The van der Waals surface area contributed by atoms with Gasteiger partial charge in [-0.3, -0.25) is 10.2 Å². The van der Waals surface area contributed by atoms with Crippen molar-refractivity contribution < 1.29 is 17.9 Å².